The summed E-state index contributed by atoms with van der Waals surface area (Å²) in [4.78, 5) is 15.3. The lowest BCUT2D eigenvalue weighted by Gasteiger charge is -2.21. The number of carboxylic acids is 1. The number of anilines is 1. The molecule has 1 heterocycles. The Hall–Kier alpha value is -2.25. The topological polar surface area (TPSA) is 61.8 Å². The molecular weight excluding hydrogens is 415 g/mol. The van der Waals surface area contributed by atoms with E-state index in [0.29, 0.717) is 29.9 Å². The van der Waals surface area contributed by atoms with Gasteiger partial charge in [0.1, 0.15) is 17.1 Å². The van der Waals surface area contributed by atoms with Crippen molar-refractivity contribution < 1.29 is 19.0 Å². The third-order valence-corrected chi connectivity index (χ3v) is 7.21. The first-order valence-electron chi connectivity index (χ1n) is 11.0. The molecule has 31 heavy (non-hydrogen) atoms. The zero-order chi connectivity index (χ0) is 22.0. The molecule has 1 aliphatic carbocycles. The Morgan fingerprint density at radius 1 is 1.29 bits per heavy atom. The summed E-state index contributed by atoms with van der Waals surface area (Å²) in [6.45, 7) is 7.84. The van der Waals surface area contributed by atoms with Crippen LogP contribution >= 0.6 is 11.9 Å². The van der Waals surface area contributed by atoms with Crippen LogP contribution in [0.25, 0.3) is 0 Å². The molecule has 0 spiro atoms. The molecule has 0 saturated heterocycles. The lowest BCUT2D eigenvalue weighted by molar-refractivity contribution is 0.0692. The van der Waals surface area contributed by atoms with Gasteiger partial charge in [-0.1, -0.05) is 19.9 Å². The van der Waals surface area contributed by atoms with Crippen molar-refractivity contribution in [3.8, 4) is 5.75 Å². The SMILES string of the molecule is CCN(CC)CCCc1cc(F)ccc1SNc1ccc2c(c1C(=O)O)OC[C@@H]1CC21. The van der Waals surface area contributed by atoms with E-state index in [-0.39, 0.29) is 11.4 Å². The molecule has 2 N–H and O–H groups in total. The molecule has 2 aliphatic rings. The molecule has 1 saturated carbocycles. The number of fused-ring (bicyclic) bond motifs is 3. The Morgan fingerprint density at radius 3 is 2.84 bits per heavy atom. The minimum absolute atomic E-state index is 0.181. The lowest BCUT2D eigenvalue weighted by Crippen LogP contribution is -2.24. The molecule has 1 aliphatic heterocycles. The first-order chi connectivity index (χ1) is 15.0. The highest BCUT2D eigenvalue weighted by Crippen LogP contribution is 2.55. The monoisotopic (exact) mass is 444 g/mol. The molecule has 166 valence electrons. The molecule has 2 atom stereocenters. The van der Waals surface area contributed by atoms with Crippen molar-refractivity contribution >= 4 is 23.6 Å². The number of benzene rings is 2. The summed E-state index contributed by atoms with van der Waals surface area (Å²) in [5.74, 6) is 0.195. The van der Waals surface area contributed by atoms with E-state index in [1.54, 1.807) is 12.1 Å². The van der Waals surface area contributed by atoms with Crippen LogP contribution in [-0.2, 0) is 6.42 Å². The number of nitrogens with one attached hydrogen (secondary N) is 1. The number of hydrogen-bond acceptors (Lipinski definition) is 5. The van der Waals surface area contributed by atoms with Crippen LogP contribution in [-0.4, -0.2) is 42.2 Å². The fraction of sp³-hybridized carbons (Fsp3) is 0.458. The minimum Gasteiger partial charge on any atom is -0.492 e. The van der Waals surface area contributed by atoms with Gasteiger partial charge in [0.05, 0.1) is 12.3 Å². The average molecular weight is 445 g/mol. The highest BCUT2D eigenvalue weighted by atomic mass is 32.2. The fourth-order valence-corrected chi connectivity index (χ4v) is 5.15. The van der Waals surface area contributed by atoms with Gasteiger partial charge < -0.3 is 19.5 Å². The Bertz CT molecular complexity index is 964. The molecule has 0 amide bonds. The van der Waals surface area contributed by atoms with Crippen LogP contribution in [0.1, 0.15) is 54.1 Å². The predicted octanol–water partition coefficient (Wildman–Crippen LogP) is 5.41. The minimum atomic E-state index is -1.00. The Labute approximate surface area is 187 Å². The molecule has 2 aromatic rings. The van der Waals surface area contributed by atoms with E-state index in [1.165, 1.54) is 18.0 Å². The van der Waals surface area contributed by atoms with Crippen LogP contribution < -0.4 is 9.46 Å². The zero-order valence-corrected chi connectivity index (χ0v) is 18.8. The maximum Gasteiger partial charge on any atom is 0.341 e. The number of rotatable bonds is 10. The average Bonchev–Trinajstić information content (AvgIpc) is 3.55. The number of aryl methyl sites for hydroxylation is 1. The maximum absolute atomic E-state index is 13.9. The van der Waals surface area contributed by atoms with E-state index in [4.69, 9.17) is 4.74 Å². The van der Waals surface area contributed by atoms with E-state index in [1.807, 2.05) is 12.1 Å². The van der Waals surface area contributed by atoms with Crippen molar-refractivity contribution in [2.24, 2.45) is 5.92 Å². The number of ether oxygens (including phenoxy) is 1. The number of nitrogens with zero attached hydrogens (tertiary/aromatic N) is 1. The Morgan fingerprint density at radius 2 is 2.10 bits per heavy atom. The second-order valence-electron chi connectivity index (χ2n) is 8.21. The van der Waals surface area contributed by atoms with Gasteiger partial charge in [-0.25, -0.2) is 9.18 Å². The van der Waals surface area contributed by atoms with Gasteiger partial charge in [-0.3, -0.25) is 0 Å². The van der Waals surface area contributed by atoms with E-state index in [9.17, 15) is 14.3 Å². The number of hydrogen-bond donors (Lipinski definition) is 2. The van der Waals surface area contributed by atoms with Crippen molar-refractivity contribution in [2.75, 3.05) is 31.0 Å². The second-order valence-corrected chi connectivity index (χ2v) is 9.06. The summed E-state index contributed by atoms with van der Waals surface area (Å²) in [5.41, 5.74) is 2.62. The van der Waals surface area contributed by atoms with Crippen molar-refractivity contribution in [2.45, 2.75) is 43.9 Å². The molecule has 0 bridgehead atoms. The van der Waals surface area contributed by atoms with Crippen molar-refractivity contribution in [1.29, 1.82) is 0 Å². The van der Waals surface area contributed by atoms with Gasteiger partial charge in [-0.2, -0.15) is 0 Å². The smallest absolute Gasteiger partial charge is 0.341 e. The first-order valence-corrected chi connectivity index (χ1v) is 11.8. The summed E-state index contributed by atoms with van der Waals surface area (Å²) in [5, 5.41) is 9.84. The third-order valence-electron chi connectivity index (χ3n) is 6.27. The number of aromatic carboxylic acids is 1. The lowest BCUT2D eigenvalue weighted by atomic mass is 10.0. The van der Waals surface area contributed by atoms with Crippen LogP contribution in [0.15, 0.2) is 35.2 Å². The van der Waals surface area contributed by atoms with Crippen molar-refractivity contribution in [3.05, 3.63) is 52.8 Å². The molecule has 0 aromatic heterocycles. The number of carbonyl (C=O) groups is 1. The third kappa shape index (κ3) is 4.83. The fourth-order valence-electron chi connectivity index (χ4n) is 4.33. The second kappa shape index (κ2) is 9.49. The van der Waals surface area contributed by atoms with Crippen LogP contribution in [0.4, 0.5) is 10.1 Å². The maximum atomic E-state index is 13.9. The van der Waals surface area contributed by atoms with Crippen LogP contribution in [0.3, 0.4) is 0 Å². The van der Waals surface area contributed by atoms with E-state index in [0.717, 1.165) is 54.9 Å². The van der Waals surface area contributed by atoms with Gasteiger partial charge in [-0.05, 0) is 92.2 Å². The molecule has 2 aromatic carbocycles. The summed E-state index contributed by atoms with van der Waals surface area (Å²) in [7, 11) is 0. The van der Waals surface area contributed by atoms with Gasteiger partial charge in [0, 0.05) is 10.8 Å². The Kier molecular flexibility index (Phi) is 6.72. The normalized spacial score (nSPS) is 18.8. The Balaban J connectivity index is 1.50. The van der Waals surface area contributed by atoms with Crippen molar-refractivity contribution in [1.82, 2.24) is 4.90 Å². The standard InChI is InChI=1S/C24H29FN2O3S/c1-3-27(4-2)11-5-6-15-12-17(25)7-10-21(15)31-26-20-9-8-18-19-13-16(19)14-30-23(18)22(20)24(28)29/h7-10,12,16,19,26H,3-6,11,13-14H2,1-2H3,(H,28,29)/t16-,19?/m0/s1. The van der Waals surface area contributed by atoms with Crippen LogP contribution in [0.5, 0.6) is 5.75 Å². The number of carboxylic acid groups (broad SMARTS) is 1. The zero-order valence-electron chi connectivity index (χ0n) is 18.0. The highest BCUT2D eigenvalue weighted by molar-refractivity contribution is 8.00. The van der Waals surface area contributed by atoms with E-state index in [2.05, 4.69) is 23.5 Å². The van der Waals surface area contributed by atoms with E-state index < -0.39 is 5.97 Å². The molecule has 0 radical (unpaired) electrons. The molecule has 5 nitrogen and oxygen atoms in total. The van der Waals surface area contributed by atoms with Crippen molar-refractivity contribution in [3.63, 3.8) is 0 Å². The first kappa shape index (κ1) is 22.0. The molecular formula is C24H29FN2O3S. The predicted molar refractivity (Wildman–Crippen MR) is 122 cm³/mol. The molecule has 4 rings (SSSR count). The van der Waals surface area contributed by atoms with Gasteiger partial charge in [0.2, 0.25) is 0 Å². The largest absolute Gasteiger partial charge is 0.492 e. The summed E-state index contributed by atoms with van der Waals surface area (Å²) in [6, 6.07) is 8.57. The van der Waals surface area contributed by atoms with Crippen LogP contribution in [0.2, 0.25) is 0 Å². The summed E-state index contributed by atoms with van der Waals surface area (Å²) in [6.07, 6.45) is 2.77. The highest BCUT2D eigenvalue weighted by Gasteiger charge is 2.45. The van der Waals surface area contributed by atoms with Gasteiger partial charge in [0.15, 0.2) is 0 Å². The van der Waals surface area contributed by atoms with Gasteiger partial charge in [-0.15, -0.1) is 0 Å². The van der Waals surface area contributed by atoms with Gasteiger partial charge in [0.25, 0.3) is 0 Å². The quantitative estimate of drug-likeness (QED) is 0.478. The van der Waals surface area contributed by atoms with E-state index >= 15 is 0 Å². The van der Waals surface area contributed by atoms with Crippen LogP contribution in [0, 0.1) is 11.7 Å². The summed E-state index contributed by atoms with van der Waals surface area (Å²) >= 11 is 1.32. The number of halogens is 1. The molecule has 7 heteroatoms. The molecule has 1 unspecified atom stereocenters. The van der Waals surface area contributed by atoms with Gasteiger partial charge >= 0.3 is 5.97 Å². The summed E-state index contributed by atoms with van der Waals surface area (Å²) < 4.78 is 22.9. The molecule has 1 fully saturated rings.